The van der Waals surface area contributed by atoms with Crippen molar-refractivity contribution in [1.82, 2.24) is 0 Å². The molecule has 1 atom stereocenters. The summed E-state index contributed by atoms with van der Waals surface area (Å²) in [5.74, 6) is 0. The molecule has 0 aliphatic carbocycles. The Bertz CT molecular complexity index is 561. The van der Waals surface area contributed by atoms with E-state index in [-0.39, 0.29) is 5.41 Å². The fourth-order valence-corrected chi connectivity index (χ4v) is 3.22. The number of para-hydroxylation sites is 1. The summed E-state index contributed by atoms with van der Waals surface area (Å²) in [6.45, 7) is 3.55. The predicted octanol–water partition coefficient (Wildman–Crippen LogP) is 4.03. The van der Waals surface area contributed by atoms with Crippen LogP contribution in [0.15, 0.2) is 54.6 Å². The van der Waals surface area contributed by atoms with Crippen molar-refractivity contribution < 1.29 is 0 Å². The summed E-state index contributed by atoms with van der Waals surface area (Å²) in [5, 5.41) is 0. The van der Waals surface area contributed by atoms with E-state index in [2.05, 4.69) is 73.5 Å². The Morgan fingerprint density at radius 1 is 1.00 bits per heavy atom. The second-order valence-corrected chi connectivity index (χ2v) is 5.91. The second-order valence-electron chi connectivity index (χ2n) is 5.91. The van der Waals surface area contributed by atoms with Gasteiger partial charge in [-0.05, 0) is 30.0 Å². The molecule has 0 unspecified atom stereocenters. The standard InChI is InChI=1S/C18H21N/c1-18(14-15-8-4-3-5-9-15)12-13-19(2)17-11-7-6-10-16(17)18/h3-11H,12-14H2,1-2H3/t18-/m1/s1. The monoisotopic (exact) mass is 251 g/mol. The highest BCUT2D eigenvalue weighted by Crippen LogP contribution is 2.41. The number of hydrogen-bond donors (Lipinski definition) is 0. The zero-order valence-electron chi connectivity index (χ0n) is 11.8. The van der Waals surface area contributed by atoms with Gasteiger partial charge in [-0.2, -0.15) is 0 Å². The predicted molar refractivity (Wildman–Crippen MR) is 81.8 cm³/mol. The van der Waals surface area contributed by atoms with E-state index in [0.29, 0.717) is 0 Å². The summed E-state index contributed by atoms with van der Waals surface area (Å²) in [7, 11) is 2.20. The van der Waals surface area contributed by atoms with Crippen molar-refractivity contribution >= 4 is 5.69 Å². The smallest absolute Gasteiger partial charge is 0.0401 e. The zero-order chi connectivity index (χ0) is 13.3. The molecule has 0 saturated carbocycles. The third-order valence-electron chi connectivity index (χ3n) is 4.40. The molecule has 0 radical (unpaired) electrons. The van der Waals surface area contributed by atoms with Crippen molar-refractivity contribution in [2.24, 2.45) is 0 Å². The average molecular weight is 251 g/mol. The Balaban J connectivity index is 1.99. The molecule has 2 aromatic rings. The van der Waals surface area contributed by atoms with Crippen LogP contribution in [-0.4, -0.2) is 13.6 Å². The molecule has 1 nitrogen and oxygen atoms in total. The third-order valence-corrected chi connectivity index (χ3v) is 4.40. The Labute approximate surface area is 115 Å². The topological polar surface area (TPSA) is 3.24 Å². The van der Waals surface area contributed by atoms with Crippen LogP contribution in [0.4, 0.5) is 5.69 Å². The zero-order valence-corrected chi connectivity index (χ0v) is 11.8. The van der Waals surface area contributed by atoms with Crippen LogP contribution in [0.1, 0.15) is 24.5 Å². The molecule has 1 aliphatic heterocycles. The molecule has 19 heavy (non-hydrogen) atoms. The van der Waals surface area contributed by atoms with E-state index in [0.717, 1.165) is 13.0 Å². The lowest BCUT2D eigenvalue weighted by Gasteiger charge is -2.41. The van der Waals surface area contributed by atoms with Crippen LogP contribution in [0.5, 0.6) is 0 Å². The molecular weight excluding hydrogens is 230 g/mol. The molecule has 0 aromatic heterocycles. The highest BCUT2D eigenvalue weighted by atomic mass is 15.1. The average Bonchev–Trinajstić information content (AvgIpc) is 2.45. The molecule has 1 heterocycles. The van der Waals surface area contributed by atoms with Crippen molar-refractivity contribution in [3.8, 4) is 0 Å². The minimum atomic E-state index is 0.254. The van der Waals surface area contributed by atoms with Crippen LogP contribution in [-0.2, 0) is 11.8 Å². The minimum absolute atomic E-state index is 0.254. The van der Waals surface area contributed by atoms with Gasteiger partial charge in [-0.3, -0.25) is 0 Å². The van der Waals surface area contributed by atoms with E-state index in [4.69, 9.17) is 0 Å². The van der Waals surface area contributed by atoms with Gasteiger partial charge in [-0.15, -0.1) is 0 Å². The van der Waals surface area contributed by atoms with Crippen molar-refractivity contribution in [1.29, 1.82) is 0 Å². The second kappa shape index (κ2) is 4.73. The lowest BCUT2D eigenvalue weighted by atomic mass is 9.72. The van der Waals surface area contributed by atoms with E-state index in [1.165, 1.54) is 23.2 Å². The maximum Gasteiger partial charge on any atom is 0.0401 e. The molecule has 0 N–H and O–H groups in total. The number of hydrogen-bond acceptors (Lipinski definition) is 1. The fourth-order valence-electron chi connectivity index (χ4n) is 3.22. The van der Waals surface area contributed by atoms with Gasteiger partial charge in [0.25, 0.3) is 0 Å². The number of nitrogens with zero attached hydrogens (tertiary/aromatic N) is 1. The maximum atomic E-state index is 2.41. The van der Waals surface area contributed by atoms with Gasteiger partial charge in [0, 0.05) is 24.7 Å². The first-order chi connectivity index (χ1) is 9.19. The molecule has 2 aromatic carbocycles. The summed E-state index contributed by atoms with van der Waals surface area (Å²) >= 11 is 0. The molecule has 0 fully saturated rings. The summed E-state index contributed by atoms with van der Waals surface area (Å²) < 4.78 is 0. The summed E-state index contributed by atoms with van der Waals surface area (Å²) in [6, 6.07) is 19.7. The normalized spacial score (nSPS) is 22.1. The van der Waals surface area contributed by atoms with Crippen LogP contribution < -0.4 is 4.90 Å². The van der Waals surface area contributed by atoms with Crippen molar-refractivity contribution in [2.75, 3.05) is 18.5 Å². The van der Waals surface area contributed by atoms with E-state index < -0.39 is 0 Å². The Hall–Kier alpha value is -1.76. The first-order valence-electron chi connectivity index (χ1n) is 7.04. The SMILES string of the molecule is CN1CC[C@](C)(Cc2ccccc2)c2ccccc21. The number of fused-ring (bicyclic) bond motifs is 1. The van der Waals surface area contributed by atoms with Gasteiger partial charge in [-0.1, -0.05) is 55.5 Å². The quantitative estimate of drug-likeness (QED) is 0.779. The highest BCUT2D eigenvalue weighted by Gasteiger charge is 2.33. The molecule has 1 heteroatoms. The molecule has 98 valence electrons. The van der Waals surface area contributed by atoms with Gasteiger partial charge in [-0.25, -0.2) is 0 Å². The van der Waals surface area contributed by atoms with Gasteiger partial charge >= 0.3 is 0 Å². The van der Waals surface area contributed by atoms with Gasteiger partial charge in [0.05, 0.1) is 0 Å². The van der Waals surface area contributed by atoms with Crippen LogP contribution in [0.25, 0.3) is 0 Å². The van der Waals surface area contributed by atoms with Gasteiger partial charge in [0.1, 0.15) is 0 Å². The first-order valence-corrected chi connectivity index (χ1v) is 7.04. The van der Waals surface area contributed by atoms with Crippen molar-refractivity contribution in [3.63, 3.8) is 0 Å². The summed E-state index contributed by atoms with van der Waals surface area (Å²) in [6.07, 6.45) is 2.34. The van der Waals surface area contributed by atoms with Gasteiger partial charge in [0.15, 0.2) is 0 Å². The molecule has 0 bridgehead atoms. The minimum Gasteiger partial charge on any atom is -0.374 e. The largest absolute Gasteiger partial charge is 0.374 e. The summed E-state index contributed by atoms with van der Waals surface area (Å²) in [5.41, 5.74) is 4.58. The number of rotatable bonds is 2. The van der Waals surface area contributed by atoms with Crippen molar-refractivity contribution in [3.05, 3.63) is 65.7 Å². The first kappa shape index (κ1) is 12.3. The van der Waals surface area contributed by atoms with Crippen LogP contribution >= 0.6 is 0 Å². The van der Waals surface area contributed by atoms with Gasteiger partial charge in [0.2, 0.25) is 0 Å². The maximum absolute atomic E-state index is 2.41. The van der Waals surface area contributed by atoms with Crippen LogP contribution in [0, 0.1) is 0 Å². The number of benzene rings is 2. The Morgan fingerprint density at radius 2 is 1.68 bits per heavy atom. The third kappa shape index (κ3) is 2.25. The molecular formula is C18H21N. The summed E-state index contributed by atoms with van der Waals surface area (Å²) in [4.78, 5) is 2.38. The Morgan fingerprint density at radius 3 is 2.47 bits per heavy atom. The van der Waals surface area contributed by atoms with Gasteiger partial charge < -0.3 is 4.90 Å². The molecule has 3 rings (SSSR count). The molecule has 0 spiro atoms. The highest BCUT2D eigenvalue weighted by molar-refractivity contribution is 5.58. The lowest BCUT2D eigenvalue weighted by molar-refractivity contribution is 0.417. The molecule has 0 saturated heterocycles. The van der Waals surface area contributed by atoms with E-state index >= 15 is 0 Å². The van der Waals surface area contributed by atoms with Crippen LogP contribution in [0.2, 0.25) is 0 Å². The molecule has 1 aliphatic rings. The van der Waals surface area contributed by atoms with Crippen molar-refractivity contribution in [2.45, 2.75) is 25.2 Å². The van der Waals surface area contributed by atoms with E-state index in [1.54, 1.807) is 0 Å². The number of anilines is 1. The van der Waals surface area contributed by atoms with E-state index in [1.807, 2.05) is 0 Å². The molecule has 0 amide bonds. The lowest BCUT2D eigenvalue weighted by Crippen LogP contribution is -2.38. The Kier molecular flexibility index (Phi) is 3.06. The van der Waals surface area contributed by atoms with E-state index in [9.17, 15) is 0 Å². The fraction of sp³-hybridized carbons (Fsp3) is 0.333. The van der Waals surface area contributed by atoms with Crippen LogP contribution in [0.3, 0.4) is 0 Å².